The van der Waals surface area contributed by atoms with E-state index < -0.39 is 0 Å². The Kier molecular flexibility index (Phi) is 4.72. The topological polar surface area (TPSA) is 54.0 Å². The minimum Gasteiger partial charge on any atom is -0.340 e. The van der Waals surface area contributed by atoms with E-state index in [0.717, 1.165) is 5.69 Å². The van der Waals surface area contributed by atoms with Crippen molar-refractivity contribution in [1.29, 1.82) is 0 Å². The summed E-state index contributed by atoms with van der Waals surface area (Å²) in [5.74, 6) is 0.0487. The molecule has 1 heterocycles. The largest absolute Gasteiger partial charge is 0.340 e. The smallest absolute Gasteiger partial charge is 0.255 e. The first kappa shape index (κ1) is 16.0. The summed E-state index contributed by atoms with van der Waals surface area (Å²) in [4.78, 5) is 16.3. The van der Waals surface area contributed by atoms with Gasteiger partial charge in [-0.05, 0) is 60.7 Å². The van der Waals surface area contributed by atoms with E-state index in [1.807, 2.05) is 0 Å². The van der Waals surface area contributed by atoms with E-state index in [1.54, 1.807) is 54.7 Å². The molecule has 24 heavy (non-hydrogen) atoms. The van der Waals surface area contributed by atoms with Crippen molar-refractivity contribution >= 4 is 34.7 Å². The molecule has 3 aromatic rings. The number of rotatable bonds is 4. The van der Waals surface area contributed by atoms with Gasteiger partial charge in [0, 0.05) is 16.3 Å². The fourth-order valence-corrected chi connectivity index (χ4v) is 2.15. The summed E-state index contributed by atoms with van der Waals surface area (Å²) in [5, 5.41) is 6.37. The quantitative estimate of drug-likeness (QED) is 0.711. The second-order valence-electron chi connectivity index (χ2n) is 5.03. The highest BCUT2D eigenvalue weighted by Crippen LogP contribution is 2.17. The van der Waals surface area contributed by atoms with Gasteiger partial charge in [-0.15, -0.1) is 0 Å². The van der Waals surface area contributed by atoms with Crippen LogP contribution < -0.4 is 10.6 Å². The molecule has 0 bridgehead atoms. The minimum atomic E-state index is -0.297. The zero-order valence-electron chi connectivity index (χ0n) is 12.5. The molecule has 6 heteroatoms. The molecule has 3 rings (SSSR count). The molecule has 0 aliphatic heterocycles. The lowest BCUT2D eigenvalue weighted by molar-refractivity contribution is 0.102. The number of carbonyl (C=O) groups excluding carboxylic acids is 1. The first-order chi connectivity index (χ1) is 11.6. The van der Waals surface area contributed by atoms with Crippen molar-refractivity contribution in [2.45, 2.75) is 0 Å². The average Bonchev–Trinajstić information content (AvgIpc) is 2.59. The van der Waals surface area contributed by atoms with Crippen LogP contribution in [0.1, 0.15) is 10.4 Å². The third-order valence-electron chi connectivity index (χ3n) is 3.24. The summed E-state index contributed by atoms with van der Waals surface area (Å²) in [5.41, 5.74) is 1.80. The molecule has 1 amide bonds. The molecular formula is C18H13ClFN3O. The molecule has 1 aromatic heterocycles. The van der Waals surface area contributed by atoms with E-state index in [-0.39, 0.29) is 11.7 Å². The Labute approximate surface area is 143 Å². The molecule has 0 radical (unpaired) electrons. The van der Waals surface area contributed by atoms with E-state index in [4.69, 9.17) is 11.6 Å². The Morgan fingerprint density at radius 2 is 1.58 bits per heavy atom. The first-order valence-corrected chi connectivity index (χ1v) is 7.53. The maximum atomic E-state index is 12.9. The van der Waals surface area contributed by atoms with E-state index in [0.29, 0.717) is 22.1 Å². The standard InChI is InChI=1S/C18H13ClFN3O/c19-13-3-1-12(2-4-13)18(24)23-16-9-10-17(21-11-16)22-15-7-5-14(20)6-8-15/h1-11H,(H,21,22)(H,23,24). The number of halogens is 2. The van der Waals surface area contributed by atoms with E-state index in [2.05, 4.69) is 15.6 Å². The second-order valence-corrected chi connectivity index (χ2v) is 5.46. The number of anilines is 3. The Balaban J connectivity index is 1.64. The molecule has 0 aliphatic rings. The molecule has 0 saturated carbocycles. The van der Waals surface area contributed by atoms with Crippen LogP contribution in [0.15, 0.2) is 66.9 Å². The highest BCUT2D eigenvalue weighted by atomic mass is 35.5. The van der Waals surface area contributed by atoms with Crippen molar-refractivity contribution in [2.75, 3.05) is 10.6 Å². The fourth-order valence-electron chi connectivity index (χ4n) is 2.03. The van der Waals surface area contributed by atoms with Crippen LogP contribution in [-0.4, -0.2) is 10.9 Å². The Morgan fingerprint density at radius 1 is 0.917 bits per heavy atom. The lowest BCUT2D eigenvalue weighted by Gasteiger charge is -2.08. The van der Waals surface area contributed by atoms with Crippen LogP contribution >= 0.6 is 11.6 Å². The number of pyridine rings is 1. The number of carbonyl (C=O) groups is 1. The summed E-state index contributed by atoms with van der Waals surface area (Å²) in [6.07, 6.45) is 1.54. The van der Waals surface area contributed by atoms with Gasteiger partial charge < -0.3 is 10.6 Å². The van der Waals surface area contributed by atoms with Crippen LogP contribution in [0.5, 0.6) is 0 Å². The molecule has 120 valence electrons. The predicted octanol–water partition coefficient (Wildman–Crippen LogP) is 4.87. The number of hydrogen-bond donors (Lipinski definition) is 2. The molecule has 0 spiro atoms. The number of nitrogens with zero attached hydrogens (tertiary/aromatic N) is 1. The highest BCUT2D eigenvalue weighted by Gasteiger charge is 2.06. The lowest BCUT2D eigenvalue weighted by Crippen LogP contribution is -2.11. The average molecular weight is 342 g/mol. The van der Waals surface area contributed by atoms with Gasteiger partial charge in [0.1, 0.15) is 11.6 Å². The maximum absolute atomic E-state index is 12.9. The van der Waals surface area contributed by atoms with Crippen molar-refractivity contribution in [3.8, 4) is 0 Å². The van der Waals surface area contributed by atoms with Gasteiger partial charge in [-0.1, -0.05) is 11.6 Å². The number of nitrogens with one attached hydrogen (secondary N) is 2. The fraction of sp³-hybridized carbons (Fsp3) is 0. The van der Waals surface area contributed by atoms with Gasteiger partial charge in [-0.3, -0.25) is 4.79 Å². The van der Waals surface area contributed by atoms with Crippen molar-refractivity contribution in [1.82, 2.24) is 4.98 Å². The summed E-state index contributed by atoms with van der Waals surface area (Å²) >= 11 is 5.80. The first-order valence-electron chi connectivity index (χ1n) is 7.16. The van der Waals surface area contributed by atoms with Gasteiger partial charge in [0.2, 0.25) is 0 Å². The third kappa shape index (κ3) is 4.08. The zero-order chi connectivity index (χ0) is 16.9. The van der Waals surface area contributed by atoms with Crippen molar-refractivity contribution in [3.63, 3.8) is 0 Å². The molecule has 0 unspecified atom stereocenters. The van der Waals surface area contributed by atoms with Gasteiger partial charge in [0.25, 0.3) is 5.91 Å². The van der Waals surface area contributed by atoms with Gasteiger partial charge in [0.05, 0.1) is 11.9 Å². The SMILES string of the molecule is O=C(Nc1ccc(Nc2ccc(F)cc2)nc1)c1ccc(Cl)cc1. The van der Waals surface area contributed by atoms with Gasteiger partial charge in [-0.25, -0.2) is 9.37 Å². The molecule has 4 nitrogen and oxygen atoms in total. The van der Waals surface area contributed by atoms with Crippen molar-refractivity contribution < 1.29 is 9.18 Å². The van der Waals surface area contributed by atoms with Gasteiger partial charge in [0.15, 0.2) is 0 Å². The Bertz CT molecular complexity index is 834. The number of hydrogen-bond acceptors (Lipinski definition) is 3. The molecule has 0 saturated heterocycles. The van der Waals surface area contributed by atoms with Crippen LogP contribution in [0.2, 0.25) is 5.02 Å². The van der Waals surface area contributed by atoms with Gasteiger partial charge in [-0.2, -0.15) is 0 Å². The van der Waals surface area contributed by atoms with Gasteiger partial charge >= 0.3 is 0 Å². The number of benzene rings is 2. The zero-order valence-corrected chi connectivity index (χ0v) is 13.2. The number of amides is 1. The molecule has 2 aromatic carbocycles. The minimum absolute atomic E-state index is 0.243. The summed E-state index contributed by atoms with van der Waals surface area (Å²) < 4.78 is 12.9. The predicted molar refractivity (Wildman–Crippen MR) is 93.3 cm³/mol. The third-order valence-corrected chi connectivity index (χ3v) is 3.50. The molecule has 0 fully saturated rings. The molecular weight excluding hydrogens is 329 g/mol. The van der Waals surface area contributed by atoms with Crippen molar-refractivity contribution in [3.05, 3.63) is 83.3 Å². The van der Waals surface area contributed by atoms with E-state index >= 15 is 0 Å². The number of aromatic nitrogens is 1. The Morgan fingerprint density at radius 3 is 2.21 bits per heavy atom. The maximum Gasteiger partial charge on any atom is 0.255 e. The molecule has 0 aliphatic carbocycles. The summed E-state index contributed by atoms with van der Waals surface area (Å²) in [6.45, 7) is 0. The molecule has 2 N–H and O–H groups in total. The van der Waals surface area contributed by atoms with Crippen molar-refractivity contribution in [2.24, 2.45) is 0 Å². The van der Waals surface area contributed by atoms with Crippen LogP contribution in [-0.2, 0) is 0 Å². The van der Waals surface area contributed by atoms with Crippen LogP contribution in [0, 0.1) is 5.82 Å². The second kappa shape index (κ2) is 7.10. The normalized spacial score (nSPS) is 10.2. The van der Waals surface area contributed by atoms with E-state index in [9.17, 15) is 9.18 Å². The summed E-state index contributed by atoms with van der Waals surface area (Å²) in [7, 11) is 0. The van der Waals surface area contributed by atoms with E-state index in [1.165, 1.54) is 12.1 Å². The van der Waals surface area contributed by atoms with Crippen LogP contribution in [0.25, 0.3) is 0 Å². The highest BCUT2D eigenvalue weighted by molar-refractivity contribution is 6.30. The Hall–Kier alpha value is -2.92. The monoisotopic (exact) mass is 341 g/mol. The lowest BCUT2D eigenvalue weighted by atomic mass is 10.2. The van der Waals surface area contributed by atoms with Crippen LogP contribution in [0.3, 0.4) is 0 Å². The van der Waals surface area contributed by atoms with Crippen LogP contribution in [0.4, 0.5) is 21.6 Å². The molecule has 0 atom stereocenters. The summed E-state index contributed by atoms with van der Waals surface area (Å²) in [6, 6.07) is 16.0.